The number of nitrogens with one attached hydrogen (secondary N) is 2. The number of amides is 2. The lowest BCUT2D eigenvalue weighted by molar-refractivity contribution is 0.233. The van der Waals surface area contributed by atoms with E-state index in [1.54, 1.807) is 13.1 Å². The maximum atomic E-state index is 14.3. The van der Waals surface area contributed by atoms with Gasteiger partial charge in [0.05, 0.1) is 0 Å². The van der Waals surface area contributed by atoms with Crippen molar-refractivity contribution in [1.29, 1.82) is 0 Å². The third-order valence-electron chi connectivity index (χ3n) is 4.42. The van der Waals surface area contributed by atoms with Crippen LogP contribution in [0.3, 0.4) is 0 Å². The average Bonchev–Trinajstić information content (AvgIpc) is 2.48. The molecule has 21 heavy (non-hydrogen) atoms. The zero-order chi connectivity index (χ0) is 15.4. The van der Waals surface area contributed by atoms with E-state index in [0.717, 1.165) is 36.8 Å². The highest BCUT2D eigenvalue weighted by Gasteiger charge is 2.25. The van der Waals surface area contributed by atoms with Crippen molar-refractivity contribution in [3.8, 4) is 0 Å². The van der Waals surface area contributed by atoms with Gasteiger partial charge in [0.25, 0.3) is 0 Å². The van der Waals surface area contributed by atoms with Gasteiger partial charge in [-0.3, -0.25) is 0 Å². The summed E-state index contributed by atoms with van der Waals surface area (Å²) in [5.74, 6) is 0.541. The number of halogens is 1. The highest BCUT2D eigenvalue weighted by Crippen LogP contribution is 2.35. The molecule has 1 aliphatic carbocycles. The lowest BCUT2D eigenvalue weighted by Crippen LogP contribution is -2.42. The van der Waals surface area contributed by atoms with Crippen molar-refractivity contribution < 1.29 is 9.18 Å². The molecule has 2 amide bonds. The second-order valence-corrected chi connectivity index (χ2v) is 6.21. The van der Waals surface area contributed by atoms with Gasteiger partial charge in [0.1, 0.15) is 5.82 Å². The SMILES string of the molecule is CNC(=O)NC1CCC(c2ccc(C(C)C)cc2F)CC1. The van der Waals surface area contributed by atoms with Crippen LogP contribution in [0.2, 0.25) is 0 Å². The molecule has 2 rings (SSSR count). The van der Waals surface area contributed by atoms with E-state index in [2.05, 4.69) is 24.5 Å². The molecule has 1 fully saturated rings. The zero-order valence-corrected chi connectivity index (χ0v) is 13.1. The van der Waals surface area contributed by atoms with Gasteiger partial charge < -0.3 is 10.6 Å². The van der Waals surface area contributed by atoms with Crippen LogP contribution in [0, 0.1) is 5.82 Å². The van der Waals surface area contributed by atoms with E-state index in [4.69, 9.17) is 0 Å². The number of hydrogen-bond acceptors (Lipinski definition) is 1. The molecule has 0 unspecified atom stereocenters. The first-order valence-corrected chi connectivity index (χ1v) is 7.78. The fourth-order valence-electron chi connectivity index (χ4n) is 3.04. The Balaban J connectivity index is 1.97. The lowest BCUT2D eigenvalue weighted by atomic mass is 9.81. The fourth-order valence-corrected chi connectivity index (χ4v) is 3.04. The molecule has 2 N–H and O–H groups in total. The molecule has 4 heteroatoms. The maximum Gasteiger partial charge on any atom is 0.314 e. The van der Waals surface area contributed by atoms with Crippen LogP contribution in [0.1, 0.15) is 62.5 Å². The monoisotopic (exact) mass is 292 g/mol. The van der Waals surface area contributed by atoms with Gasteiger partial charge in [-0.05, 0) is 54.7 Å². The van der Waals surface area contributed by atoms with E-state index in [-0.39, 0.29) is 23.8 Å². The minimum atomic E-state index is -0.133. The Morgan fingerprint density at radius 1 is 1.24 bits per heavy atom. The van der Waals surface area contributed by atoms with Crippen LogP contribution in [-0.2, 0) is 0 Å². The van der Waals surface area contributed by atoms with Gasteiger partial charge in [0.2, 0.25) is 0 Å². The summed E-state index contributed by atoms with van der Waals surface area (Å²) in [5.41, 5.74) is 1.88. The van der Waals surface area contributed by atoms with Gasteiger partial charge in [0, 0.05) is 13.1 Å². The largest absolute Gasteiger partial charge is 0.341 e. The first-order chi connectivity index (χ1) is 10.0. The topological polar surface area (TPSA) is 41.1 Å². The third-order valence-corrected chi connectivity index (χ3v) is 4.42. The second kappa shape index (κ2) is 6.92. The van der Waals surface area contributed by atoms with Crippen molar-refractivity contribution >= 4 is 6.03 Å². The summed E-state index contributed by atoms with van der Waals surface area (Å²) in [4.78, 5) is 11.3. The summed E-state index contributed by atoms with van der Waals surface area (Å²) in [6, 6.07) is 5.74. The normalized spacial score (nSPS) is 22.1. The molecule has 1 aliphatic rings. The number of benzene rings is 1. The molecule has 0 heterocycles. The molecule has 0 aromatic heterocycles. The second-order valence-electron chi connectivity index (χ2n) is 6.21. The van der Waals surface area contributed by atoms with Gasteiger partial charge in [0.15, 0.2) is 0 Å². The van der Waals surface area contributed by atoms with Crippen LogP contribution in [0.25, 0.3) is 0 Å². The maximum absolute atomic E-state index is 14.3. The van der Waals surface area contributed by atoms with Crippen LogP contribution in [-0.4, -0.2) is 19.1 Å². The van der Waals surface area contributed by atoms with Gasteiger partial charge >= 0.3 is 6.03 Å². The van der Waals surface area contributed by atoms with Crippen LogP contribution in [0.15, 0.2) is 18.2 Å². The Labute approximate surface area is 126 Å². The molecule has 1 aromatic carbocycles. The summed E-state index contributed by atoms with van der Waals surface area (Å²) in [7, 11) is 1.62. The molecule has 0 saturated heterocycles. The van der Waals surface area contributed by atoms with E-state index < -0.39 is 0 Å². The van der Waals surface area contributed by atoms with Crippen molar-refractivity contribution in [2.75, 3.05) is 7.05 Å². The molecule has 0 bridgehead atoms. The quantitative estimate of drug-likeness (QED) is 0.871. The van der Waals surface area contributed by atoms with E-state index >= 15 is 0 Å². The molecule has 3 nitrogen and oxygen atoms in total. The van der Waals surface area contributed by atoms with Gasteiger partial charge in [-0.15, -0.1) is 0 Å². The minimum Gasteiger partial charge on any atom is -0.341 e. The average molecular weight is 292 g/mol. The molecular formula is C17H25FN2O. The summed E-state index contributed by atoms with van der Waals surface area (Å²) in [5, 5.41) is 5.51. The van der Waals surface area contributed by atoms with Crippen LogP contribution in [0.4, 0.5) is 9.18 Å². The molecule has 0 aliphatic heterocycles. The van der Waals surface area contributed by atoms with Crippen molar-refractivity contribution in [1.82, 2.24) is 10.6 Å². The molecule has 116 valence electrons. The van der Waals surface area contributed by atoms with E-state index in [9.17, 15) is 9.18 Å². The Bertz CT molecular complexity index is 494. The van der Waals surface area contributed by atoms with Gasteiger partial charge in [-0.1, -0.05) is 26.0 Å². The summed E-state index contributed by atoms with van der Waals surface area (Å²) in [6.07, 6.45) is 3.66. The predicted octanol–water partition coefficient (Wildman–Crippen LogP) is 3.90. The molecule has 0 spiro atoms. The number of rotatable bonds is 3. The summed E-state index contributed by atoms with van der Waals surface area (Å²) < 4.78 is 14.3. The Morgan fingerprint density at radius 3 is 2.43 bits per heavy atom. The van der Waals surface area contributed by atoms with Crippen LogP contribution < -0.4 is 10.6 Å². The third kappa shape index (κ3) is 3.96. The van der Waals surface area contributed by atoms with E-state index in [1.807, 2.05) is 12.1 Å². The number of hydrogen-bond donors (Lipinski definition) is 2. The minimum absolute atomic E-state index is 0.0797. The van der Waals surface area contributed by atoms with Crippen LogP contribution in [0.5, 0.6) is 0 Å². The Hall–Kier alpha value is -1.58. The highest BCUT2D eigenvalue weighted by atomic mass is 19.1. The number of urea groups is 1. The lowest BCUT2D eigenvalue weighted by Gasteiger charge is -2.29. The van der Waals surface area contributed by atoms with E-state index in [0.29, 0.717) is 5.92 Å². The standard InChI is InChI=1S/C17H25FN2O/c1-11(2)13-6-9-15(16(18)10-13)12-4-7-14(8-5-12)20-17(21)19-3/h6,9-12,14H,4-5,7-8H2,1-3H3,(H2,19,20,21). The molecular weight excluding hydrogens is 267 g/mol. The highest BCUT2D eigenvalue weighted by molar-refractivity contribution is 5.73. The molecule has 0 atom stereocenters. The first-order valence-electron chi connectivity index (χ1n) is 7.78. The van der Waals surface area contributed by atoms with Crippen LogP contribution >= 0.6 is 0 Å². The first kappa shape index (κ1) is 15.8. The summed E-state index contributed by atoms with van der Waals surface area (Å²) >= 11 is 0. The smallest absolute Gasteiger partial charge is 0.314 e. The molecule has 1 saturated carbocycles. The Kier molecular flexibility index (Phi) is 5.21. The van der Waals surface area contributed by atoms with Gasteiger partial charge in [-0.2, -0.15) is 0 Å². The van der Waals surface area contributed by atoms with Crippen molar-refractivity contribution in [3.05, 3.63) is 35.1 Å². The Morgan fingerprint density at radius 2 is 1.90 bits per heavy atom. The molecule has 1 aromatic rings. The zero-order valence-electron chi connectivity index (χ0n) is 13.1. The number of carbonyl (C=O) groups is 1. The van der Waals surface area contributed by atoms with Gasteiger partial charge in [-0.25, -0.2) is 9.18 Å². The van der Waals surface area contributed by atoms with Crippen molar-refractivity contribution in [2.24, 2.45) is 0 Å². The summed E-state index contributed by atoms with van der Waals surface area (Å²) in [6.45, 7) is 4.15. The number of carbonyl (C=O) groups excluding carboxylic acids is 1. The van der Waals surface area contributed by atoms with Crippen molar-refractivity contribution in [2.45, 2.75) is 57.4 Å². The van der Waals surface area contributed by atoms with E-state index in [1.165, 1.54) is 0 Å². The fraction of sp³-hybridized carbons (Fsp3) is 0.588. The van der Waals surface area contributed by atoms with Crippen molar-refractivity contribution in [3.63, 3.8) is 0 Å². The molecule has 0 radical (unpaired) electrons. The predicted molar refractivity (Wildman–Crippen MR) is 83.1 cm³/mol.